The van der Waals surface area contributed by atoms with E-state index in [9.17, 15) is 9.59 Å². The molecule has 0 radical (unpaired) electrons. The van der Waals surface area contributed by atoms with Gasteiger partial charge in [-0.05, 0) is 60.7 Å². The molecule has 35 heavy (non-hydrogen) atoms. The van der Waals surface area contributed by atoms with Gasteiger partial charge in [-0.1, -0.05) is 49.3 Å². The number of thioether (sulfide) groups is 1. The van der Waals surface area contributed by atoms with Crippen LogP contribution in [0.3, 0.4) is 0 Å². The maximum Gasteiger partial charge on any atom is 0.258 e. The molecular formula is C25H30ClN5O3S. The summed E-state index contributed by atoms with van der Waals surface area (Å²) in [5.74, 6) is 1.35. The van der Waals surface area contributed by atoms with Gasteiger partial charge in [0.1, 0.15) is 5.75 Å². The molecule has 2 amide bonds. The van der Waals surface area contributed by atoms with Crippen LogP contribution >= 0.6 is 23.4 Å². The number of benzene rings is 2. The van der Waals surface area contributed by atoms with Gasteiger partial charge in [-0.3, -0.25) is 9.59 Å². The van der Waals surface area contributed by atoms with Crippen LogP contribution in [0.5, 0.6) is 5.75 Å². The number of hydrogen-bond acceptors (Lipinski definition) is 6. The summed E-state index contributed by atoms with van der Waals surface area (Å²) in [7, 11) is 1.79. The van der Waals surface area contributed by atoms with Gasteiger partial charge in [0, 0.05) is 17.8 Å². The van der Waals surface area contributed by atoms with Crippen molar-refractivity contribution < 1.29 is 14.3 Å². The Morgan fingerprint density at radius 3 is 2.60 bits per heavy atom. The SMILES string of the molecule is Cc1ccc(C(C)C)c(OCC(=O)NCc2nnc(SCC(=O)Nc3ccc(Cl)cc3C)n2C)c1. The van der Waals surface area contributed by atoms with E-state index in [4.69, 9.17) is 16.3 Å². The zero-order valence-electron chi connectivity index (χ0n) is 20.5. The molecule has 10 heteroatoms. The van der Waals surface area contributed by atoms with Gasteiger partial charge in [0.25, 0.3) is 5.91 Å². The molecule has 3 aromatic rings. The Morgan fingerprint density at radius 2 is 1.89 bits per heavy atom. The number of amides is 2. The van der Waals surface area contributed by atoms with E-state index in [1.165, 1.54) is 11.8 Å². The number of nitrogens with one attached hydrogen (secondary N) is 2. The Labute approximate surface area is 214 Å². The van der Waals surface area contributed by atoms with Crippen LogP contribution in [0.1, 0.15) is 42.3 Å². The minimum atomic E-state index is -0.254. The molecule has 8 nitrogen and oxygen atoms in total. The molecule has 0 unspecified atom stereocenters. The van der Waals surface area contributed by atoms with Gasteiger partial charge in [0.05, 0.1) is 12.3 Å². The van der Waals surface area contributed by atoms with E-state index in [-0.39, 0.29) is 30.7 Å². The third kappa shape index (κ3) is 7.47. The summed E-state index contributed by atoms with van der Waals surface area (Å²) in [6.45, 7) is 8.16. The topological polar surface area (TPSA) is 98.1 Å². The summed E-state index contributed by atoms with van der Waals surface area (Å²) in [5, 5.41) is 15.1. The normalized spacial score (nSPS) is 10.9. The van der Waals surface area contributed by atoms with E-state index in [2.05, 4.69) is 34.7 Å². The first-order valence-corrected chi connectivity index (χ1v) is 12.6. The van der Waals surface area contributed by atoms with Crippen LogP contribution in [-0.2, 0) is 23.2 Å². The van der Waals surface area contributed by atoms with Crippen molar-refractivity contribution in [2.24, 2.45) is 7.05 Å². The predicted molar refractivity (Wildman–Crippen MR) is 139 cm³/mol. The highest BCUT2D eigenvalue weighted by Crippen LogP contribution is 2.27. The molecule has 2 N–H and O–H groups in total. The van der Waals surface area contributed by atoms with Gasteiger partial charge in [-0.2, -0.15) is 0 Å². The van der Waals surface area contributed by atoms with Gasteiger partial charge < -0.3 is 19.9 Å². The van der Waals surface area contributed by atoms with Crippen molar-refractivity contribution in [3.8, 4) is 5.75 Å². The van der Waals surface area contributed by atoms with Crippen molar-refractivity contribution in [1.29, 1.82) is 0 Å². The van der Waals surface area contributed by atoms with Crippen molar-refractivity contribution in [2.45, 2.75) is 45.3 Å². The third-order valence-corrected chi connectivity index (χ3v) is 6.57. The van der Waals surface area contributed by atoms with Gasteiger partial charge in [-0.25, -0.2) is 0 Å². The maximum atomic E-state index is 12.4. The molecule has 186 valence electrons. The second-order valence-corrected chi connectivity index (χ2v) is 9.89. The Balaban J connectivity index is 1.48. The fourth-order valence-electron chi connectivity index (χ4n) is 3.32. The monoisotopic (exact) mass is 515 g/mol. The highest BCUT2D eigenvalue weighted by atomic mass is 35.5. The van der Waals surface area contributed by atoms with E-state index < -0.39 is 0 Å². The van der Waals surface area contributed by atoms with E-state index in [0.29, 0.717) is 21.9 Å². The van der Waals surface area contributed by atoms with Gasteiger partial charge in [0.2, 0.25) is 5.91 Å². The zero-order chi connectivity index (χ0) is 25.5. The number of nitrogens with zero attached hydrogens (tertiary/aromatic N) is 3. The Morgan fingerprint density at radius 1 is 1.11 bits per heavy atom. The smallest absolute Gasteiger partial charge is 0.258 e. The van der Waals surface area contributed by atoms with Crippen molar-refractivity contribution in [3.63, 3.8) is 0 Å². The van der Waals surface area contributed by atoms with Crippen molar-refractivity contribution in [2.75, 3.05) is 17.7 Å². The standard InChI is InChI=1S/C25H30ClN5O3S/c1-15(2)19-8-6-16(3)10-21(19)34-13-23(32)27-12-22-29-30-25(31(22)5)35-14-24(33)28-20-9-7-18(26)11-17(20)4/h6-11,15H,12-14H2,1-5H3,(H,27,32)(H,28,33). The van der Waals surface area contributed by atoms with Crippen LogP contribution in [0.2, 0.25) is 5.02 Å². The number of rotatable bonds is 10. The number of carbonyl (C=O) groups excluding carboxylic acids is 2. The lowest BCUT2D eigenvalue weighted by molar-refractivity contribution is -0.123. The van der Waals surface area contributed by atoms with Crippen molar-refractivity contribution in [1.82, 2.24) is 20.1 Å². The summed E-state index contributed by atoms with van der Waals surface area (Å²) in [5.41, 5.74) is 3.74. The van der Waals surface area contributed by atoms with Crippen LogP contribution in [0.4, 0.5) is 5.69 Å². The van der Waals surface area contributed by atoms with Crippen LogP contribution < -0.4 is 15.4 Å². The fourth-order valence-corrected chi connectivity index (χ4v) is 4.28. The van der Waals surface area contributed by atoms with Crippen LogP contribution in [0, 0.1) is 13.8 Å². The zero-order valence-corrected chi connectivity index (χ0v) is 22.1. The van der Waals surface area contributed by atoms with E-state index in [1.807, 2.05) is 32.0 Å². The summed E-state index contributed by atoms with van der Waals surface area (Å²) >= 11 is 7.23. The molecule has 0 aliphatic rings. The first kappa shape index (κ1) is 26.6. The average Bonchev–Trinajstić information content (AvgIpc) is 3.15. The lowest BCUT2D eigenvalue weighted by Gasteiger charge is -2.14. The molecule has 0 aliphatic heterocycles. The number of aryl methyl sites for hydroxylation is 2. The average molecular weight is 516 g/mol. The quantitative estimate of drug-likeness (QED) is 0.382. The molecule has 3 rings (SSSR count). The first-order chi connectivity index (χ1) is 16.6. The summed E-state index contributed by atoms with van der Waals surface area (Å²) < 4.78 is 7.54. The summed E-state index contributed by atoms with van der Waals surface area (Å²) in [6.07, 6.45) is 0. The second kappa shape index (κ2) is 12.1. The Hall–Kier alpha value is -3.04. The molecule has 0 atom stereocenters. The number of ether oxygens (including phenoxy) is 1. The van der Waals surface area contributed by atoms with Crippen LogP contribution in [0.25, 0.3) is 0 Å². The second-order valence-electron chi connectivity index (χ2n) is 8.52. The Bertz CT molecular complexity index is 1210. The molecule has 2 aromatic carbocycles. The largest absolute Gasteiger partial charge is 0.483 e. The number of halogens is 1. The highest BCUT2D eigenvalue weighted by Gasteiger charge is 2.14. The maximum absolute atomic E-state index is 12.4. The highest BCUT2D eigenvalue weighted by molar-refractivity contribution is 7.99. The molecule has 0 fully saturated rings. The van der Waals surface area contributed by atoms with Gasteiger partial charge in [-0.15, -0.1) is 10.2 Å². The van der Waals surface area contributed by atoms with Crippen molar-refractivity contribution in [3.05, 3.63) is 63.9 Å². The fraction of sp³-hybridized carbons (Fsp3) is 0.360. The number of anilines is 1. The predicted octanol–water partition coefficient (Wildman–Crippen LogP) is 4.63. The first-order valence-electron chi connectivity index (χ1n) is 11.2. The van der Waals surface area contributed by atoms with E-state index >= 15 is 0 Å². The third-order valence-electron chi connectivity index (χ3n) is 5.31. The molecule has 1 aromatic heterocycles. The number of hydrogen-bond donors (Lipinski definition) is 2. The number of aromatic nitrogens is 3. The van der Waals surface area contributed by atoms with Gasteiger partial charge in [0.15, 0.2) is 17.6 Å². The van der Waals surface area contributed by atoms with Crippen molar-refractivity contribution >= 4 is 40.9 Å². The van der Waals surface area contributed by atoms with Crippen LogP contribution in [-0.4, -0.2) is 38.9 Å². The lowest BCUT2D eigenvalue weighted by atomic mass is 10.0. The minimum absolute atomic E-state index is 0.0904. The lowest BCUT2D eigenvalue weighted by Crippen LogP contribution is -2.29. The Kier molecular flexibility index (Phi) is 9.17. The molecule has 0 spiro atoms. The van der Waals surface area contributed by atoms with E-state index in [0.717, 1.165) is 28.1 Å². The minimum Gasteiger partial charge on any atom is -0.483 e. The van der Waals surface area contributed by atoms with Gasteiger partial charge >= 0.3 is 0 Å². The summed E-state index contributed by atoms with van der Waals surface area (Å²) in [4.78, 5) is 24.7. The molecule has 1 heterocycles. The molecule has 0 bridgehead atoms. The molecular weight excluding hydrogens is 486 g/mol. The number of carbonyl (C=O) groups is 2. The molecule has 0 aliphatic carbocycles. The van der Waals surface area contributed by atoms with Crippen LogP contribution in [0.15, 0.2) is 41.6 Å². The summed E-state index contributed by atoms with van der Waals surface area (Å²) in [6, 6.07) is 11.3. The molecule has 0 saturated carbocycles. The molecule has 0 saturated heterocycles. The van der Waals surface area contributed by atoms with E-state index in [1.54, 1.807) is 29.8 Å².